The summed E-state index contributed by atoms with van der Waals surface area (Å²) in [5, 5.41) is 5.47. The fraction of sp³-hybridized carbons (Fsp3) is 0.529. The van der Waals surface area contributed by atoms with Gasteiger partial charge in [-0.3, -0.25) is 9.59 Å². The van der Waals surface area contributed by atoms with E-state index >= 15 is 0 Å². The van der Waals surface area contributed by atoms with Gasteiger partial charge in [0.25, 0.3) is 5.91 Å². The SMILES string of the molecule is O=C(CNC(=O)c1ccccc1)NCCCC1CCOCC1. The molecule has 5 heteroatoms. The molecule has 0 bridgehead atoms. The highest BCUT2D eigenvalue weighted by molar-refractivity contribution is 5.96. The number of carbonyl (C=O) groups excluding carboxylic acids is 2. The van der Waals surface area contributed by atoms with E-state index in [1.165, 1.54) is 0 Å². The molecule has 1 aromatic carbocycles. The molecule has 0 unspecified atom stereocenters. The minimum atomic E-state index is -0.224. The van der Waals surface area contributed by atoms with Crippen molar-refractivity contribution in [2.45, 2.75) is 25.7 Å². The number of carbonyl (C=O) groups is 2. The van der Waals surface area contributed by atoms with Gasteiger partial charge in [-0.2, -0.15) is 0 Å². The Morgan fingerprint density at radius 2 is 1.82 bits per heavy atom. The van der Waals surface area contributed by atoms with Crippen LogP contribution in [-0.2, 0) is 9.53 Å². The van der Waals surface area contributed by atoms with Crippen LogP contribution < -0.4 is 10.6 Å². The van der Waals surface area contributed by atoms with Gasteiger partial charge >= 0.3 is 0 Å². The zero-order chi connectivity index (χ0) is 15.6. The Balaban J connectivity index is 1.55. The number of hydrogen-bond donors (Lipinski definition) is 2. The van der Waals surface area contributed by atoms with E-state index < -0.39 is 0 Å². The fourth-order valence-corrected chi connectivity index (χ4v) is 2.57. The van der Waals surface area contributed by atoms with Gasteiger partial charge in [0.1, 0.15) is 0 Å². The summed E-state index contributed by atoms with van der Waals surface area (Å²) < 4.78 is 5.33. The van der Waals surface area contributed by atoms with Crippen LogP contribution in [0, 0.1) is 5.92 Å². The van der Waals surface area contributed by atoms with Crippen molar-refractivity contribution in [2.75, 3.05) is 26.3 Å². The Labute approximate surface area is 131 Å². The van der Waals surface area contributed by atoms with E-state index in [2.05, 4.69) is 10.6 Å². The predicted molar refractivity (Wildman–Crippen MR) is 84.6 cm³/mol. The Morgan fingerprint density at radius 1 is 1.09 bits per heavy atom. The van der Waals surface area contributed by atoms with Crippen molar-refractivity contribution in [3.63, 3.8) is 0 Å². The lowest BCUT2D eigenvalue weighted by Gasteiger charge is -2.21. The first-order chi connectivity index (χ1) is 10.8. The highest BCUT2D eigenvalue weighted by Crippen LogP contribution is 2.19. The molecule has 2 N–H and O–H groups in total. The number of amides is 2. The quantitative estimate of drug-likeness (QED) is 0.754. The van der Waals surface area contributed by atoms with Crippen LogP contribution in [0.5, 0.6) is 0 Å². The molecule has 0 radical (unpaired) electrons. The Hall–Kier alpha value is -1.88. The average Bonchev–Trinajstić information content (AvgIpc) is 2.58. The molecule has 1 aliphatic heterocycles. The molecule has 22 heavy (non-hydrogen) atoms. The highest BCUT2D eigenvalue weighted by atomic mass is 16.5. The van der Waals surface area contributed by atoms with E-state index in [1.807, 2.05) is 6.07 Å². The lowest BCUT2D eigenvalue weighted by atomic mass is 9.95. The van der Waals surface area contributed by atoms with Crippen molar-refractivity contribution in [3.05, 3.63) is 35.9 Å². The largest absolute Gasteiger partial charge is 0.381 e. The first-order valence-corrected chi connectivity index (χ1v) is 7.93. The molecule has 2 rings (SSSR count). The normalized spacial score (nSPS) is 15.3. The number of ether oxygens (including phenoxy) is 1. The summed E-state index contributed by atoms with van der Waals surface area (Å²) in [7, 11) is 0. The number of hydrogen-bond acceptors (Lipinski definition) is 3. The minimum absolute atomic E-state index is 0.0188. The van der Waals surface area contributed by atoms with E-state index in [0.29, 0.717) is 12.1 Å². The van der Waals surface area contributed by atoms with Gasteiger partial charge < -0.3 is 15.4 Å². The smallest absolute Gasteiger partial charge is 0.251 e. The maximum absolute atomic E-state index is 11.8. The summed E-state index contributed by atoms with van der Waals surface area (Å²) in [4.78, 5) is 23.5. The molecule has 0 saturated carbocycles. The van der Waals surface area contributed by atoms with Gasteiger partial charge in [-0.15, -0.1) is 0 Å². The van der Waals surface area contributed by atoms with Crippen LogP contribution in [0.4, 0.5) is 0 Å². The monoisotopic (exact) mass is 304 g/mol. The van der Waals surface area contributed by atoms with Crippen molar-refractivity contribution in [2.24, 2.45) is 5.92 Å². The van der Waals surface area contributed by atoms with E-state index in [9.17, 15) is 9.59 Å². The van der Waals surface area contributed by atoms with Gasteiger partial charge in [0.2, 0.25) is 5.91 Å². The molecule has 2 amide bonds. The summed E-state index contributed by atoms with van der Waals surface area (Å²) in [5.41, 5.74) is 0.565. The van der Waals surface area contributed by atoms with Crippen LogP contribution in [0.3, 0.4) is 0 Å². The molecule has 0 atom stereocenters. The Bertz CT molecular complexity index is 470. The molecule has 0 spiro atoms. The van der Waals surface area contributed by atoms with Crippen molar-refractivity contribution < 1.29 is 14.3 Å². The van der Waals surface area contributed by atoms with Crippen LogP contribution >= 0.6 is 0 Å². The standard InChI is InChI=1S/C17H24N2O3/c20-16(13-19-17(21)15-6-2-1-3-7-15)18-10-4-5-14-8-11-22-12-9-14/h1-3,6-7,14H,4-5,8-13H2,(H,18,20)(H,19,21). The predicted octanol–water partition coefficient (Wildman–Crippen LogP) is 1.74. The molecular weight excluding hydrogens is 280 g/mol. The van der Waals surface area contributed by atoms with Gasteiger partial charge in [0.15, 0.2) is 0 Å². The van der Waals surface area contributed by atoms with Gasteiger partial charge in [0, 0.05) is 25.3 Å². The van der Waals surface area contributed by atoms with Gasteiger partial charge in [-0.05, 0) is 43.7 Å². The van der Waals surface area contributed by atoms with Crippen LogP contribution in [-0.4, -0.2) is 38.1 Å². The first-order valence-electron chi connectivity index (χ1n) is 7.93. The number of rotatable bonds is 7. The van der Waals surface area contributed by atoms with E-state index in [-0.39, 0.29) is 18.4 Å². The van der Waals surface area contributed by atoms with Gasteiger partial charge in [-0.1, -0.05) is 18.2 Å². The molecule has 1 heterocycles. The molecule has 0 aromatic heterocycles. The molecule has 1 aliphatic rings. The summed E-state index contributed by atoms with van der Waals surface area (Å²) in [6.07, 6.45) is 4.35. The average molecular weight is 304 g/mol. The molecule has 120 valence electrons. The topological polar surface area (TPSA) is 67.4 Å². The second kappa shape index (κ2) is 9.20. The highest BCUT2D eigenvalue weighted by Gasteiger charge is 2.13. The molecule has 1 fully saturated rings. The third-order valence-corrected chi connectivity index (χ3v) is 3.90. The van der Waals surface area contributed by atoms with E-state index in [0.717, 1.165) is 44.8 Å². The second-order valence-corrected chi connectivity index (χ2v) is 5.60. The lowest BCUT2D eigenvalue weighted by Crippen LogP contribution is -2.37. The van der Waals surface area contributed by atoms with Crippen molar-refractivity contribution in [1.82, 2.24) is 10.6 Å². The van der Waals surface area contributed by atoms with Crippen LogP contribution in [0.25, 0.3) is 0 Å². The molecule has 1 saturated heterocycles. The third-order valence-electron chi connectivity index (χ3n) is 3.90. The second-order valence-electron chi connectivity index (χ2n) is 5.60. The van der Waals surface area contributed by atoms with Crippen molar-refractivity contribution in [3.8, 4) is 0 Å². The zero-order valence-electron chi connectivity index (χ0n) is 12.8. The van der Waals surface area contributed by atoms with E-state index in [1.54, 1.807) is 24.3 Å². The van der Waals surface area contributed by atoms with Crippen LogP contribution in [0.2, 0.25) is 0 Å². The lowest BCUT2D eigenvalue weighted by molar-refractivity contribution is -0.120. The Morgan fingerprint density at radius 3 is 2.55 bits per heavy atom. The molecular formula is C17H24N2O3. The van der Waals surface area contributed by atoms with Crippen molar-refractivity contribution >= 4 is 11.8 Å². The van der Waals surface area contributed by atoms with E-state index in [4.69, 9.17) is 4.74 Å². The van der Waals surface area contributed by atoms with Gasteiger partial charge in [0.05, 0.1) is 6.54 Å². The number of nitrogens with one attached hydrogen (secondary N) is 2. The fourth-order valence-electron chi connectivity index (χ4n) is 2.57. The van der Waals surface area contributed by atoms with Crippen LogP contribution in [0.15, 0.2) is 30.3 Å². The van der Waals surface area contributed by atoms with Gasteiger partial charge in [-0.25, -0.2) is 0 Å². The summed E-state index contributed by atoms with van der Waals surface area (Å²) in [5.74, 6) is 0.359. The molecule has 0 aliphatic carbocycles. The summed E-state index contributed by atoms with van der Waals surface area (Å²) in [6.45, 7) is 2.41. The maximum atomic E-state index is 11.8. The Kier molecular flexibility index (Phi) is 6.90. The molecule has 5 nitrogen and oxygen atoms in total. The minimum Gasteiger partial charge on any atom is -0.381 e. The maximum Gasteiger partial charge on any atom is 0.251 e. The number of benzene rings is 1. The summed E-state index contributed by atoms with van der Waals surface area (Å²) >= 11 is 0. The first kappa shape index (κ1) is 16.5. The summed E-state index contributed by atoms with van der Waals surface area (Å²) in [6, 6.07) is 8.89. The third kappa shape index (κ3) is 5.85. The molecule has 1 aromatic rings. The zero-order valence-corrected chi connectivity index (χ0v) is 12.8. The van der Waals surface area contributed by atoms with Crippen molar-refractivity contribution in [1.29, 1.82) is 0 Å². The van der Waals surface area contributed by atoms with Crippen LogP contribution in [0.1, 0.15) is 36.0 Å².